The van der Waals surface area contributed by atoms with Gasteiger partial charge in [-0.15, -0.1) is 11.8 Å². The quantitative estimate of drug-likeness (QED) is 0.775. The summed E-state index contributed by atoms with van der Waals surface area (Å²) in [7, 11) is 4.45. The zero-order valence-corrected chi connectivity index (χ0v) is 12.8. The molecule has 1 aromatic rings. The van der Waals surface area contributed by atoms with Gasteiger partial charge in [-0.25, -0.2) is 0 Å². The second kappa shape index (κ2) is 5.64. The maximum Gasteiger partial charge on any atom is 0.0557 e. The molecule has 0 N–H and O–H groups in total. The molecule has 0 radical (unpaired) electrons. The molecule has 0 saturated carbocycles. The zero-order valence-electron chi connectivity index (χ0n) is 11.9. The van der Waals surface area contributed by atoms with Crippen LogP contribution in [0.2, 0.25) is 0 Å². The lowest BCUT2D eigenvalue weighted by atomic mass is 9.88. The molecule has 0 amide bonds. The standard InChI is InChI=1S/C15H24N2S/c1-5-18-14-8-6-13(7-9-14)15(2)12-16(3)10-11-17(15)4/h6-9H,5,10-12H2,1-4H3. The van der Waals surface area contributed by atoms with Crippen LogP contribution in [0.4, 0.5) is 0 Å². The Kier molecular flexibility index (Phi) is 4.36. The lowest BCUT2D eigenvalue weighted by Crippen LogP contribution is -2.56. The van der Waals surface area contributed by atoms with Crippen molar-refractivity contribution in [3.63, 3.8) is 0 Å². The molecule has 1 saturated heterocycles. The molecule has 1 aliphatic rings. The van der Waals surface area contributed by atoms with Crippen LogP contribution in [0.25, 0.3) is 0 Å². The topological polar surface area (TPSA) is 6.48 Å². The van der Waals surface area contributed by atoms with Crippen molar-refractivity contribution >= 4 is 11.8 Å². The van der Waals surface area contributed by atoms with Crippen LogP contribution in [0.5, 0.6) is 0 Å². The first-order valence-corrected chi connectivity index (χ1v) is 7.68. The number of hydrogen-bond donors (Lipinski definition) is 0. The molecule has 0 aliphatic carbocycles. The molecule has 100 valence electrons. The molecular formula is C15H24N2S. The smallest absolute Gasteiger partial charge is 0.0557 e. The van der Waals surface area contributed by atoms with Crippen LogP contribution < -0.4 is 0 Å². The number of likely N-dealkylation sites (N-methyl/N-ethyl adjacent to an activating group) is 2. The molecule has 1 aliphatic heterocycles. The molecule has 1 aromatic carbocycles. The molecule has 0 spiro atoms. The monoisotopic (exact) mass is 264 g/mol. The summed E-state index contributed by atoms with van der Waals surface area (Å²) in [6.45, 7) is 7.95. The van der Waals surface area contributed by atoms with Crippen molar-refractivity contribution in [3.8, 4) is 0 Å². The van der Waals surface area contributed by atoms with Gasteiger partial charge in [0.1, 0.15) is 0 Å². The summed E-state index contributed by atoms with van der Waals surface area (Å²) in [5.74, 6) is 1.14. The van der Waals surface area contributed by atoms with Gasteiger partial charge in [-0.05, 0) is 44.5 Å². The van der Waals surface area contributed by atoms with Gasteiger partial charge in [0, 0.05) is 24.5 Å². The van der Waals surface area contributed by atoms with Crippen molar-refractivity contribution in [3.05, 3.63) is 29.8 Å². The van der Waals surface area contributed by atoms with E-state index in [1.165, 1.54) is 10.5 Å². The molecule has 3 heteroatoms. The fourth-order valence-electron chi connectivity index (χ4n) is 2.68. The van der Waals surface area contributed by atoms with E-state index in [-0.39, 0.29) is 5.54 Å². The van der Waals surface area contributed by atoms with Crippen molar-refractivity contribution < 1.29 is 0 Å². The van der Waals surface area contributed by atoms with Gasteiger partial charge in [0.15, 0.2) is 0 Å². The van der Waals surface area contributed by atoms with E-state index in [0.29, 0.717) is 0 Å². The highest BCUT2D eigenvalue weighted by molar-refractivity contribution is 7.99. The van der Waals surface area contributed by atoms with Gasteiger partial charge in [-0.1, -0.05) is 19.1 Å². The van der Waals surface area contributed by atoms with E-state index < -0.39 is 0 Å². The van der Waals surface area contributed by atoms with Gasteiger partial charge in [-0.2, -0.15) is 0 Å². The van der Waals surface area contributed by atoms with Gasteiger partial charge < -0.3 is 4.90 Å². The first-order chi connectivity index (χ1) is 8.56. The fourth-order valence-corrected chi connectivity index (χ4v) is 3.34. The Morgan fingerprint density at radius 2 is 1.83 bits per heavy atom. The normalized spacial score (nSPS) is 26.4. The molecule has 1 atom stereocenters. The van der Waals surface area contributed by atoms with E-state index in [4.69, 9.17) is 0 Å². The van der Waals surface area contributed by atoms with Crippen LogP contribution in [0.3, 0.4) is 0 Å². The molecule has 1 heterocycles. The molecule has 18 heavy (non-hydrogen) atoms. The highest BCUT2D eigenvalue weighted by Crippen LogP contribution is 2.31. The predicted molar refractivity (Wildman–Crippen MR) is 80.3 cm³/mol. The SMILES string of the molecule is CCSc1ccc(C2(C)CN(C)CCN2C)cc1. The van der Waals surface area contributed by atoms with Crippen LogP contribution in [-0.2, 0) is 5.54 Å². The lowest BCUT2D eigenvalue weighted by Gasteiger charge is -2.46. The minimum absolute atomic E-state index is 0.141. The maximum atomic E-state index is 2.48. The van der Waals surface area contributed by atoms with Gasteiger partial charge in [0.2, 0.25) is 0 Å². The first kappa shape index (κ1) is 13.9. The van der Waals surface area contributed by atoms with Crippen LogP contribution in [0, 0.1) is 0 Å². The third-order valence-electron chi connectivity index (χ3n) is 4.02. The zero-order chi connectivity index (χ0) is 13.2. The molecule has 2 nitrogen and oxygen atoms in total. The van der Waals surface area contributed by atoms with E-state index in [2.05, 4.69) is 62.0 Å². The van der Waals surface area contributed by atoms with Crippen molar-refractivity contribution in [2.24, 2.45) is 0 Å². The molecule has 1 unspecified atom stereocenters. The molecular weight excluding hydrogens is 240 g/mol. The highest BCUT2D eigenvalue weighted by atomic mass is 32.2. The van der Waals surface area contributed by atoms with Crippen molar-refractivity contribution in [1.82, 2.24) is 9.80 Å². The third-order valence-corrected chi connectivity index (χ3v) is 4.92. The lowest BCUT2D eigenvalue weighted by molar-refractivity contribution is 0.0379. The van der Waals surface area contributed by atoms with Gasteiger partial charge in [0.25, 0.3) is 0 Å². The van der Waals surface area contributed by atoms with Crippen LogP contribution in [0.15, 0.2) is 29.2 Å². The summed E-state index contributed by atoms with van der Waals surface area (Å²) < 4.78 is 0. The summed E-state index contributed by atoms with van der Waals surface area (Å²) in [5.41, 5.74) is 1.57. The van der Waals surface area contributed by atoms with Crippen LogP contribution in [-0.4, -0.2) is 49.3 Å². The molecule has 0 aromatic heterocycles. The average molecular weight is 264 g/mol. The number of nitrogens with zero attached hydrogens (tertiary/aromatic N) is 2. The Bertz CT molecular complexity index is 390. The van der Waals surface area contributed by atoms with E-state index in [1.54, 1.807) is 0 Å². The maximum absolute atomic E-state index is 2.48. The Hall–Kier alpha value is -0.510. The summed E-state index contributed by atoms with van der Waals surface area (Å²) in [5, 5.41) is 0. The second-order valence-corrected chi connectivity index (χ2v) is 6.73. The average Bonchev–Trinajstić information content (AvgIpc) is 2.35. The Morgan fingerprint density at radius 3 is 2.44 bits per heavy atom. The van der Waals surface area contributed by atoms with Gasteiger partial charge in [0.05, 0.1) is 5.54 Å². The summed E-state index contributed by atoms with van der Waals surface area (Å²) >= 11 is 1.91. The van der Waals surface area contributed by atoms with E-state index >= 15 is 0 Å². The first-order valence-electron chi connectivity index (χ1n) is 6.69. The minimum atomic E-state index is 0.141. The van der Waals surface area contributed by atoms with Gasteiger partial charge >= 0.3 is 0 Å². The summed E-state index contributed by atoms with van der Waals surface area (Å²) in [6.07, 6.45) is 0. The number of thioether (sulfide) groups is 1. The largest absolute Gasteiger partial charge is 0.303 e. The second-order valence-electron chi connectivity index (χ2n) is 5.39. The third kappa shape index (κ3) is 2.73. The van der Waals surface area contributed by atoms with Crippen LogP contribution in [0.1, 0.15) is 19.4 Å². The van der Waals surface area contributed by atoms with Crippen LogP contribution >= 0.6 is 11.8 Å². The fraction of sp³-hybridized carbons (Fsp3) is 0.600. The van der Waals surface area contributed by atoms with Crippen molar-refractivity contribution in [2.45, 2.75) is 24.3 Å². The summed E-state index contributed by atoms with van der Waals surface area (Å²) in [4.78, 5) is 6.28. The highest BCUT2D eigenvalue weighted by Gasteiger charge is 2.35. The number of rotatable bonds is 3. The Labute approximate surface area is 115 Å². The Balaban J connectivity index is 2.22. The molecule has 2 rings (SSSR count). The minimum Gasteiger partial charge on any atom is -0.303 e. The van der Waals surface area contributed by atoms with Crippen molar-refractivity contribution in [2.75, 3.05) is 39.5 Å². The number of piperazine rings is 1. The van der Waals surface area contributed by atoms with E-state index in [9.17, 15) is 0 Å². The van der Waals surface area contributed by atoms with E-state index in [0.717, 1.165) is 25.4 Å². The molecule has 0 bridgehead atoms. The van der Waals surface area contributed by atoms with Gasteiger partial charge in [-0.3, -0.25) is 4.90 Å². The Morgan fingerprint density at radius 1 is 1.17 bits per heavy atom. The number of benzene rings is 1. The van der Waals surface area contributed by atoms with E-state index in [1.807, 2.05) is 11.8 Å². The summed E-state index contributed by atoms with van der Waals surface area (Å²) in [6, 6.07) is 9.12. The van der Waals surface area contributed by atoms with Crippen molar-refractivity contribution in [1.29, 1.82) is 0 Å². The predicted octanol–water partition coefficient (Wildman–Crippen LogP) is 2.89. The number of hydrogen-bond acceptors (Lipinski definition) is 3. The molecule has 1 fully saturated rings.